The molecule has 0 atom stereocenters. The fraction of sp³-hybridized carbons (Fsp3) is 0.0909. The van der Waals surface area contributed by atoms with Crippen molar-refractivity contribution in [2.24, 2.45) is 0 Å². The van der Waals surface area contributed by atoms with Crippen molar-refractivity contribution in [3.63, 3.8) is 0 Å². The van der Waals surface area contributed by atoms with Crippen LogP contribution in [0.4, 0.5) is 10.3 Å². The third kappa shape index (κ3) is 1.97. The van der Waals surface area contributed by atoms with E-state index >= 15 is 0 Å². The molecule has 1 aromatic heterocycles. The highest BCUT2D eigenvalue weighted by atomic mass is 35.5. The van der Waals surface area contributed by atoms with Crippen molar-refractivity contribution in [1.82, 2.24) is 9.97 Å². The molecule has 1 aromatic carbocycles. The van der Waals surface area contributed by atoms with E-state index in [0.29, 0.717) is 16.3 Å². The Labute approximate surface area is 97.1 Å². The number of nitrogens with zero attached hydrogens (tertiary/aromatic N) is 2. The normalized spacial score (nSPS) is 10.4. The summed E-state index contributed by atoms with van der Waals surface area (Å²) in [4.78, 5) is 7.95. The maximum Gasteiger partial charge on any atom is 0.220 e. The smallest absolute Gasteiger partial charge is 0.220 e. The largest absolute Gasteiger partial charge is 0.368 e. The second-order valence-electron chi connectivity index (χ2n) is 3.38. The quantitative estimate of drug-likeness (QED) is 0.830. The lowest BCUT2D eigenvalue weighted by molar-refractivity contribution is 0.628. The molecule has 2 rings (SSSR count). The highest BCUT2D eigenvalue weighted by Crippen LogP contribution is 2.29. The summed E-state index contributed by atoms with van der Waals surface area (Å²) in [6.07, 6.45) is 1.61. The second kappa shape index (κ2) is 4.06. The van der Waals surface area contributed by atoms with Crippen LogP contribution in [0.2, 0.25) is 5.02 Å². The Morgan fingerprint density at radius 3 is 2.81 bits per heavy atom. The highest BCUT2D eigenvalue weighted by Gasteiger charge is 2.09. The predicted octanol–water partition coefficient (Wildman–Crippen LogP) is 2.83. The molecule has 3 nitrogen and oxygen atoms in total. The third-order valence-electron chi connectivity index (χ3n) is 2.18. The molecule has 0 fully saturated rings. The Hall–Kier alpha value is -1.68. The van der Waals surface area contributed by atoms with E-state index in [2.05, 4.69) is 9.97 Å². The van der Waals surface area contributed by atoms with Gasteiger partial charge in [0.25, 0.3) is 0 Å². The average Bonchev–Trinajstić information content (AvgIpc) is 2.22. The van der Waals surface area contributed by atoms with Crippen molar-refractivity contribution >= 4 is 17.5 Å². The van der Waals surface area contributed by atoms with Crippen molar-refractivity contribution in [3.05, 3.63) is 40.8 Å². The van der Waals surface area contributed by atoms with Gasteiger partial charge in [0, 0.05) is 11.8 Å². The summed E-state index contributed by atoms with van der Waals surface area (Å²) in [5.41, 5.74) is 7.61. The van der Waals surface area contributed by atoms with Crippen LogP contribution < -0.4 is 5.73 Å². The minimum absolute atomic E-state index is 0.168. The lowest BCUT2D eigenvalue weighted by Gasteiger charge is -2.07. The van der Waals surface area contributed by atoms with Gasteiger partial charge in [-0.2, -0.15) is 0 Å². The second-order valence-corrected chi connectivity index (χ2v) is 3.79. The summed E-state index contributed by atoms with van der Waals surface area (Å²) in [5.74, 6) is -0.213. The molecule has 0 saturated carbocycles. The molecule has 0 aliphatic carbocycles. The van der Waals surface area contributed by atoms with Gasteiger partial charge in [-0.1, -0.05) is 11.6 Å². The number of benzene rings is 1. The minimum atomic E-state index is -0.381. The maximum atomic E-state index is 12.9. The molecule has 5 heteroatoms. The number of hydrogen-bond acceptors (Lipinski definition) is 3. The van der Waals surface area contributed by atoms with Crippen LogP contribution in [0.15, 0.2) is 24.4 Å². The zero-order chi connectivity index (χ0) is 11.7. The molecule has 0 saturated heterocycles. The van der Waals surface area contributed by atoms with E-state index in [-0.39, 0.29) is 11.8 Å². The Balaban J connectivity index is 2.62. The molecule has 0 unspecified atom stereocenters. The highest BCUT2D eigenvalue weighted by molar-refractivity contribution is 6.33. The molecule has 2 N–H and O–H groups in total. The van der Waals surface area contributed by atoms with E-state index in [1.54, 1.807) is 12.3 Å². The molecule has 0 radical (unpaired) electrons. The first kappa shape index (κ1) is 10.8. The van der Waals surface area contributed by atoms with Gasteiger partial charge in [-0.05, 0) is 30.7 Å². The lowest BCUT2D eigenvalue weighted by atomic mass is 10.1. The topological polar surface area (TPSA) is 51.8 Å². The van der Waals surface area contributed by atoms with E-state index in [9.17, 15) is 4.39 Å². The molecule has 2 aromatic rings. The van der Waals surface area contributed by atoms with Crippen LogP contribution in [-0.4, -0.2) is 9.97 Å². The van der Waals surface area contributed by atoms with Crippen LogP contribution in [0.1, 0.15) is 5.56 Å². The van der Waals surface area contributed by atoms with Crippen LogP contribution in [0.3, 0.4) is 0 Å². The fourth-order valence-corrected chi connectivity index (χ4v) is 1.67. The van der Waals surface area contributed by atoms with Gasteiger partial charge in [-0.25, -0.2) is 14.4 Å². The molecule has 0 spiro atoms. The predicted molar refractivity (Wildman–Crippen MR) is 61.6 cm³/mol. The van der Waals surface area contributed by atoms with E-state index in [1.165, 1.54) is 12.1 Å². The lowest BCUT2D eigenvalue weighted by Crippen LogP contribution is -1.98. The van der Waals surface area contributed by atoms with Gasteiger partial charge in [0.1, 0.15) is 5.82 Å². The summed E-state index contributed by atoms with van der Waals surface area (Å²) in [6, 6.07) is 4.15. The summed E-state index contributed by atoms with van der Waals surface area (Å²) >= 11 is 5.95. The number of aryl methyl sites for hydroxylation is 1. The Bertz CT molecular complexity index is 543. The zero-order valence-electron chi connectivity index (χ0n) is 8.54. The average molecular weight is 238 g/mol. The Morgan fingerprint density at radius 1 is 1.38 bits per heavy atom. The number of nitrogen functional groups attached to an aromatic ring is 1. The first-order valence-electron chi connectivity index (χ1n) is 4.62. The van der Waals surface area contributed by atoms with Crippen molar-refractivity contribution in [2.75, 3.05) is 5.73 Å². The van der Waals surface area contributed by atoms with Crippen LogP contribution in [0.25, 0.3) is 11.3 Å². The van der Waals surface area contributed by atoms with Crippen molar-refractivity contribution in [1.29, 1.82) is 0 Å². The minimum Gasteiger partial charge on any atom is -0.368 e. The van der Waals surface area contributed by atoms with Crippen LogP contribution in [-0.2, 0) is 0 Å². The summed E-state index contributed by atoms with van der Waals surface area (Å²) < 4.78 is 12.9. The van der Waals surface area contributed by atoms with Gasteiger partial charge >= 0.3 is 0 Å². The van der Waals surface area contributed by atoms with Crippen LogP contribution in [0, 0.1) is 12.7 Å². The van der Waals surface area contributed by atoms with E-state index in [4.69, 9.17) is 17.3 Å². The molecule has 1 heterocycles. The standard InChI is InChI=1S/C11H9ClFN3/c1-6-5-15-11(14)16-10(6)8-3-2-7(13)4-9(8)12/h2-5H,1H3,(H2,14,15,16). The number of hydrogen-bond donors (Lipinski definition) is 1. The van der Waals surface area contributed by atoms with Crippen molar-refractivity contribution in [2.45, 2.75) is 6.92 Å². The van der Waals surface area contributed by atoms with Gasteiger partial charge in [-0.15, -0.1) is 0 Å². The van der Waals surface area contributed by atoms with Crippen molar-refractivity contribution < 1.29 is 4.39 Å². The number of rotatable bonds is 1. The Morgan fingerprint density at radius 2 is 2.12 bits per heavy atom. The van der Waals surface area contributed by atoms with Crippen molar-refractivity contribution in [3.8, 4) is 11.3 Å². The molecule has 0 bridgehead atoms. The van der Waals surface area contributed by atoms with Gasteiger partial charge in [0.15, 0.2) is 0 Å². The fourth-order valence-electron chi connectivity index (χ4n) is 1.41. The van der Waals surface area contributed by atoms with E-state index in [0.717, 1.165) is 5.56 Å². The summed E-state index contributed by atoms with van der Waals surface area (Å²) in [7, 11) is 0. The van der Waals surface area contributed by atoms with Crippen LogP contribution in [0.5, 0.6) is 0 Å². The molecular formula is C11H9ClFN3. The SMILES string of the molecule is Cc1cnc(N)nc1-c1ccc(F)cc1Cl. The number of halogens is 2. The summed E-state index contributed by atoms with van der Waals surface area (Å²) in [5, 5.41) is 0.307. The van der Waals surface area contributed by atoms with E-state index in [1.807, 2.05) is 6.92 Å². The molecule has 0 aliphatic heterocycles. The third-order valence-corrected chi connectivity index (χ3v) is 2.49. The van der Waals surface area contributed by atoms with Gasteiger partial charge in [-0.3, -0.25) is 0 Å². The van der Waals surface area contributed by atoms with Gasteiger partial charge in [0.05, 0.1) is 10.7 Å². The van der Waals surface area contributed by atoms with E-state index < -0.39 is 0 Å². The van der Waals surface area contributed by atoms with Crippen LogP contribution >= 0.6 is 11.6 Å². The number of anilines is 1. The monoisotopic (exact) mass is 237 g/mol. The zero-order valence-corrected chi connectivity index (χ0v) is 9.29. The van der Waals surface area contributed by atoms with Gasteiger partial charge < -0.3 is 5.73 Å². The number of aromatic nitrogens is 2. The molecular weight excluding hydrogens is 229 g/mol. The maximum absolute atomic E-state index is 12.9. The number of nitrogens with two attached hydrogens (primary N) is 1. The molecule has 82 valence electrons. The molecule has 16 heavy (non-hydrogen) atoms. The first-order valence-corrected chi connectivity index (χ1v) is 5.00. The summed E-state index contributed by atoms with van der Waals surface area (Å²) in [6.45, 7) is 1.84. The Kier molecular flexibility index (Phi) is 2.75. The van der Waals surface area contributed by atoms with Gasteiger partial charge in [0.2, 0.25) is 5.95 Å². The molecule has 0 amide bonds. The molecule has 0 aliphatic rings. The first-order chi connectivity index (χ1) is 7.58.